The predicted octanol–water partition coefficient (Wildman–Crippen LogP) is 1.68. The summed E-state index contributed by atoms with van der Waals surface area (Å²) in [5.41, 5.74) is 0.835. The molecule has 0 spiro atoms. The third-order valence-electron chi connectivity index (χ3n) is 3.98. The minimum Gasteiger partial charge on any atom is -0.480 e. The van der Waals surface area contributed by atoms with Crippen molar-refractivity contribution in [3.63, 3.8) is 0 Å². The van der Waals surface area contributed by atoms with Crippen LogP contribution in [0.5, 0.6) is 0 Å². The Bertz CT molecular complexity index is 805. The highest BCUT2D eigenvalue weighted by Crippen LogP contribution is 2.27. The maximum atomic E-state index is 12.4. The highest BCUT2D eigenvalue weighted by atomic mass is 32.1. The van der Waals surface area contributed by atoms with E-state index in [2.05, 4.69) is 15.7 Å². The van der Waals surface area contributed by atoms with Crippen LogP contribution in [0.15, 0.2) is 6.07 Å². The Kier molecular flexibility index (Phi) is 6.01. The van der Waals surface area contributed by atoms with Gasteiger partial charge in [-0.2, -0.15) is 5.10 Å². The Balaban J connectivity index is 2.03. The molecule has 2 rings (SSSR count). The van der Waals surface area contributed by atoms with E-state index in [-0.39, 0.29) is 11.8 Å². The summed E-state index contributed by atoms with van der Waals surface area (Å²) in [6.07, 6.45) is 0.324. The van der Waals surface area contributed by atoms with Crippen LogP contribution in [0, 0.1) is 12.8 Å². The third kappa shape index (κ3) is 4.40. The number of carboxylic acid groups (broad SMARTS) is 1. The number of aliphatic carboxylic acids is 1. The van der Waals surface area contributed by atoms with E-state index >= 15 is 0 Å². The van der Waals surface area contributed by atoms with E-state index in [9.17, 15) is 19.5 Å². The van der Waals surface area contributed by atoms with E-state index in [1.165, 1.54) is 18.3 Å². The van der Waals surface area contributed by atoms with Crippen LogP contribution in [0.3, 0.4) is 0 Å². The fourth-order valence-corrected chi connectivity index (χ4v) is 3.67. The molecule has 0 fully saturated rings. The van der Waals surface area contributed by atoms with Crippen LogP contribution in [0.2, 0.25) is 0 Å². The molecule has 8 nitrogen and oxygen atoms in total. The van der Waals surface area contributed by atoms with E-state index in [1.54, 1.807) is 10.7 Å². The van der Waals surface area contributed by atoms with Gasteiger partial charge in [-0.1, -0.05) is 13.8 Å². The molecule has 2 aromatic heterocycles. The first kappa shape index (κ1) is 19.9. The van der Waals surface area contributed by atoms with E-state index in [1.807, 2.05) is 27.8 Å². The highest BCUT2D eigenvalue weighted by Gasteiger charge is 2.25. The quantitative estimate of drug-likeness (QED) is 0.676. The molecule has 0 aliphatic heterocycles. The number of nitrogens with zero attached hydrogens (tertiary/aromatic N) is 2. The van der Waals surface area contributed by atoms with E-state index in [4.69, 9.17) is 0 Å². The van der Waals surface area contributed by atoms with Crippen molar-refractivity contribution in [1.29, 1.82) is 0 Å². The lowest BCUT2D eigenvalue weighted by Gasteiger charge is -2.19. The summed E-state index contributed by atoms with van der Waals surface area (Å²) < 4.78 is 1.71. The molecule has 0 radical (unpaired) electrons. The van der Waals surface area contributed by atoms with Gasteiger partial charge in [0.25, 0.3) is 5.91 Å². The van der Waals surface area contributed by atoms with Crippen molar-refractivity contribution in [2.24, 2.45) is 13.0 Å². The molecule has 9 heteroatoms. The molecule has 2 heterocycles. The number of amides is 2. The molecule has 0 bridgehead atoms. The fraction of sp³-hybridized carbons (Fsp3) is 0.529. The first-order chi connectivity index (χ1) is 12.1. The molecule has 2 amide bonds. The van der Waals surface area contributed by atoms with Gasteiger partial charge in [0.05, 0.1) is 10.6 Å². The minimum absolute atomic E-state index is 0.122. The van der Waals surface area contributed by atoms with Gasteiger partial charge in [0.2, 0.25) is 5.91 Å². The van der Waals surface area contributed by atoms with Crippen molar-refractivity contribution >= 4 is 39.3 Å². The van der Waals surface area contributed by atoms with Crippen molar-refractivity contribution in [1.82, 2.24) is 20.4 Å². The van der Waals surface area contributed by atoms with Crippen LogP contribution in [-0.4, -0.2) is 44.8 Å². The van der Waals surface area contributed by atoms with Crippen molar-refractivity contribution in [3.8, 4) is 0 Å². The standard InChI is InChI=1S/C17H24N4O4S/c1-8(2)6-12(17(24)25)19-14(22)10(4)18-15(23)13-7-11-9(3)20-21(5)16(11)26-13/h7-8,10,12H,6H2,1-5H3,(H,18,23)(H,19,22)(H,24,25)/t10?,12-/m1/s1. The van der Waals surface area contributed by atoms with Crippen LogP contribution in [0.4, 0.5) is 0 Å². The number of hydrogen-bond donors (Lipinski definition) is 3. The van der Waals surface area contributed by atoms with Gasteiger partial charge in [-0.3, -0.25) is 14.3 Å². The molecule has 0 aliphatic carbocycles. The maximum Gasteiger partial charge on any atom is 0.326 e. The van der Waals surface area contributed by atoms with Gasteiger partial charge in [0.15, 0.2) is 0 Å². The summed E-state index contributed by atoms with van der Waals surface area (Å²) in [6, 6.07) is -0.0676. The van der Waals surface area contributed by atoms with Gasteiger partial charge in [0, 0.05) is 12.4 Å². The SMILES string of the molecule is Cc1nn(C)c2sc(C(=O)NC(C)C(=O)N[C@H](CC(C)C)C(=O)O)cc12. The normalized spacial score (nSPS) is 13.6. The average Bonchev–Trinajstić information content (AvgIpc) is 3.08. The number of hydrogen-bond acceptors (Lipinski definition) is 5. The maximum absolute atomic E-state index is 12.4. The summed E-state index contributed by atoms with van der Waals surface area (Å²) in [5.74, 6) is -1.86. The zero-order chi connectivity index (χ0) is 19.6. The first-order valence-electron chi connectivity index (χ1n) is 8.37. The fourth-order valence-electron chi connectivity index (χ4n) is 2.64. The molecule has 3 N–H and O–H groups in total. The second-order valence-electron chi connectivity index (χ2n) is 6.76. The lowest BCUT2D eigenvalue weighted by molar-refractivity contribution is -0.142. The summed E-state index contributed by atoms with van der Waals surface area (Å²) in [7, 11) is 1.81. The van der Waals surface area contributed by atoms with Gasteiger partial charge in [-0.05, 0) is 32.3 Å². The van der Waals surface area contributed by atoms with Crippen LogP contribution < -0.4 is 10.6 Å². The van der Waals surface area contributed by atoms with E-state index in [0.717, 1.165) is 15.9 Å². The first-order valence-corrected chi connectivity index (χ1v) is 9.19. The summed E-state index contributed by atoms with van der Waals surface area (Å²) in [5, 5.41) is 19.5. The third-order valence-corrected chi connectivity index (χ3v) is 5.18. The van der Waals surface area contributed by atoms with Gasteiger partial charge < -0.3 is 15.7 Å². The zero-order valence-corrected chi connectivity index (χ0v) is 16.3. The summed E-state index contributed by atoms with van der Waals surface area (Å²) in [6.45, 7) is 7.16. The number of aromatic nitrogens is 2. The van der Waals surface area contributed by atoms with E-state index < -0.39 is 24.0 Å². The van der Waals surface area contributed by atoms with Crippen molar-refractivity contribution in [2.75, 3.05) is 0 Å². The Labute approximate surface area is 155 Å². The molecule has 1 unspecified atom stereocenters. The van der Waals surface area contributed by atoms with Crippen molar-refractivity contribution in [2.45, 2.75) is 46.2 Å². The number of carboxylic acids is 1. The molecule has 142 valence electrons. The monoisotopic (exact) mass is 380 g/mol. The Morgan fingerprint density at radius 2 is 1.92 bits per heavy atom. The second-order valence-corrected chi connectivity index (χ2v) is 7.79. The topological polar surface area (TPSA) is 113 Å². The van der Waals surface area contributed by atoms with Gasteiger partial charge >= 0.3 is 5.97 Å². The van der Waals surface area contributed by atoms with Crippen LogP contribution in [-0.2, 0) is 16.6 Å². The number of fused-ring (bicyclic) bond motifs is 1. The number of carbonyl (C=O) groups is 3. The smallest absolute Gasteiger partial charge is 0.326 e. The Morgan fingerprint density at radius 1 is 1.27 bits per heavy atom. The Hall–Kier alpha value is -2.42. The molecule has 0 saturated heterocycles. The minimum atomic E-state index is -1.09. The van der Waals surface area contributed by atoms with Crippen molar-refractivity contribution < 1.29 is 19.5 Å². The van der Waals surface area contributed by atoms with Gasteiger partial charge in [-0.25, -0.2) is 4.79 Å². The number of rotatable bonds is 7. The summed E-state index contributed by atoms with van der Waals surface area (Å²) >= 11 is 1.30. The molecule has 0 aromatic carbocycles. The Morgan fingerprint density at radius 3 is 2.46 bits per heavy atom. The highest BCUT2D eigenvalue weighted by molar-refractivity contribution is 7.20. The lowest BCUT2D eigenvalue weighted by Crippen LogP contribution is -2.50. The zero-order valence-electron chi connectivity index (χ0n) is 15.5. The molecular formula is C17H24N4O4S. The molecule has 0 saturated carbocycles. The van der Waals surface area contributed by atoms with Gasteiger partial charge in [0.1, 0.15) is 16.9 Å². The van der Waals surface area contributed by atoms with Crippen LogP contribution >= 0.6 is 11.3 Å². The predicted molar refractivity (Wildman–Crippen MR) is 99.3 cm³/mol. The largest absolute Gasteiger partial charge is 0.480 e. The average molecular weight is 380 g/mol. The van der Waals surface area contributed by atoms with Crippen LogP contribution in [0.1, 0.15) is 42.6 Å². The van der Waals surface area contributed by atoms with Crippen molar-refractivity contribution in [3.05, 3.63) is 16.6 Å². The summed E-state index contributed by atoms with van der Waals surface area (Å²) in [4.78, 5) is 37.3. The number of nitrogens with one attached hydrogen (secondary N) is 2. The number of thiophene rings is 1. The van der Waals surface area contributed by atoms with E-state index in [0.29, 0.717) is 11.3 Å². The lowest BCUT2D eigenvalue weighted by atomic mass is 10.0. The van der Waals surface area contributed by atoms with Crippen LogP contribution in [0.25, 0.3) is 10.2 Å². The molecular weight excluding hydrogens is 356 g/mol. The second kappa shape index (κ2) is 7.86. The number of aryl methyl sites for hydroxylation is 2. The molecule has 2 aromatic rings. The molecule has 26 heavy (non-hydrogen) atoms. The van der Waals surface area contributed by atoms with Gasteiger partial charge in [-0.15, -0.1) is 11.3 Å². The number of carbonyl (C=O) groups excluding carboxylic acids is 2. The molecule has 0 aliphatic rings. The molecule has 2 atom stereocenters.